The molecule has 3 rings (SSSR count). The molecule has 0 aliphatic carbocycles. The van der Waals surface area contributed by atoms with E-state index in [9.17, 15) is 4.79 Å². The van der Waals surface area contributed by atoms with Gasteiger partial charge in [-0.1, -0.05) is 35.9 Å². The molecule has 1 unspecified atom stereocenters. The third kappa shape index (κ3) is 5.37. The second-order valence-electron chi connectivity index (χ2n) is 6.87. The first kappa shape index (κ1) is 19.5. The average molecular weight is 388 g/mol. The van der Waals surface area contributed by atoms with Gasteiger partial charge in [-0.05, 0) is 43.8 Å². The van der Waals surface area contributed by atoms with Gasteiger partial charge in [0.25, 0.3) is 5.91 Å². The van der Waals surface area contributed by atoms with Crippen LogP contribution in [-0.2, 0) is 11.3 Å². The first-order chi connectivity index (χ1) is 13.0. The summed E-state index contributed by atoms with van der Waals surface area (Å²) >= 11 is 6.07. The molecule has 1 atom stereocenters. The second kappa shape index (κ2) is 9.11. The third-order valence-electron chi connectivity index (χ3n) is 4.78. The number of carbonyl (C=O) groups excluding carboxylic acids is 1. The quantitative estimate of drug-likeness (QED) is 0.826. The molecule has 1 aliphatic heterocycles. The Bertz CT molecular complexity index is 758. The lowest BCUT2D eigenvalue weighted by molar-refractivity contribution is -0.127. The van der Waals surface area contributed by atoms with Crippen molar-refractivity contribution in [1.29, 1.82) is 0 Å². The number of amides is 1. The number of anilines is 1. The highest BCUT2D eigenvalue weighted by atomic mass is 35.5. The predicted molar refractivity (Wildman–Crippen MR) is 110 cm³/mol. The Morgan fingerprint density at radius 3 is 2.44 bits per heavy atom. The Labute approximate surface area is 165 Å². The van der Waals surface area contributed by atoms with E-state index < -0.39 is 6.10 Å². The zero-order chi connectivity index (χ0) is 19.2. The van der Waals surface area contributed by atoms with Gasteiger partial charge in [0.15, 0.2) is 6.10 Å². The molecule has 1 N–H and O–H groups in total. The van der Waals surface area contributed by atoms with E-state index in [4.69, 9.17) is 16.3 Å². The first-order valence-electron chi connectivity index (χ1n) is 9.24. The Hall–Kier alpha value is -2.24. The molecular weight excluding hydrogens is 362 g/mol. The molecule has 1 heterocycles. The zero-order valence-corrected chi connectivity index (χ0v) is 16.6. The van der Waals surface area contributed by atoms with Gasteiger partial charge in [-0.15, -0.1) is 0 Å². The fourth-order valence-electron chi connectivity index (χ4n) is 3.01. The molecule has 0 radical (unpaired) electrons. The minimum atomic E-state index is -0.616. The topological polar surface area (TPSA) is 44.8 Å². The summed E-state index contributed by atoms with van der Waals surface area (Å²) in [5.41, 5.74) is 2.29. The summed E-state index contributed by atoms with van der Waals surface area (Å²) in [6, 6.07) is 15.5. The van der Waals surface area contributed by atoms with Gasteiger partial charge in [0.1, 0.15) is 5.75 Å². The molecule has 1 saturated heterocycles. The van der Waals surface area contributed by atoms with Gasteiger partial charge in [0, 0.05) is 38.4 Å². The lowest BCUT2D eigenvalue weighted by Gasteiger charge is -2.34. The van der Waals surface area contributed by atoms with Crippen LogP contribution in [0.5, 0.6) is 5.75 Å². The number of hydrogen-bond acceptors (Lipinski definition) is 4. The van der Waals surface area contributed by atoms with Crippen molar-refractivity contribution in [2.75, 3.05) is 38.1 Å². The molecule has 144 valence electrons. The molecule has 5 nitrogen and oxygen atoms in total. The highest BCUT2D eigenvalue weighted by Gasteiger charge is 2.16. The van der Waals surface area contributed by atoms with Gasteiger partial charge in [0.05, 0.1) is 5.02 Å². The lowest BCUT2D eigenvalue weighted by atomic mass is 10.1. The predicted octanol–water partition coefficient (Wildman–Crippen LogP) is 3.18. The normalized spacial score (nSPS) is 16.0. The maximum Gasteiger partial charge on any atom is 0.261 e. The standard InChI is InChI=1S/C21H26ClN3O2/c1-16(27-20-6-4-3-5-19(20)22)21(26)23-15-17-7-9-18(10-8-17)25-13-11-24(2)12-14-25/h3-10,16H,11-15H2,1-2H3,(H,23,26). The van der Waals surface area contributed by atoms with E-state index in [1.54, 1.807) is 19.1 Å². The van der Waals surface area contributed by atoms with Crippen molar-refractivity contribution in [2.45, 2.75) is 19.6 Å². The molecule has 2 aromatic carbocycles. The van der Waals surface area contributed by atoms with Crippen molar-refractivity contribution >= 4 is 23.2 Å². The Morgan fingerprint density at radius 2 is 1.78 bits per heavy atom. The van der Waals surface area contributed by atoms with E-state index in [0.29, 0.717) is 17.3 Å². The van der Waals surface area contributed by atoms with Gasteiger partial charge in [-0.25, -0.2) is 0 Å². The van der Waals surface area contributed by atoms with E-state index in [-0.39, 0.29) is 5.91 Å². The Kier molecular flexibility index (Phi) is 6.58. The monoisotopic (exact) mass is 387 g/mol. The van der Waals surface area contributed by atoms with Crippen molar-refractivity contribution in [3.05, 3.63) is 59.1 Å². The molecule has 1 aliphatic rings. The number of halogens is 1. The molecule has 1 fully saturated rings. The molecule has 27 heavy (non-hydrogen) atoms. The summed E-state index contributed by atoms with van der Waals surface area (Å²) in [6.07, 6.45) is -0.616. The molecular formula is C21H26ClN3O2. The van der Waals surface area contributed by atoms with Crippen LogP contribution in [0, 0.1) is 0 Å². The largest absolute Gasteiger partial charge is 0.479 e. The number of para-hydroxylation sites is 1. The molecule has 0 bridgehead atoms. The number of rotatable bonds is 6. The number of ether oxygens (including phenoxy) is 1. The van der Waals surface area contributed by atoms with Crippen molar-refractivity contribution in [1.82, 2.24) is 10.2 Å². The van der Waals surface area contributed by atoms with Gasteiger partial charge in [0.2, 0.25) is 0 Å². The fraction of sp³-hybridized carbons (Fsp3) is 0.381. The number of piperazine rings is 1. The maximum absolute atomic E-state index is 12.3. The van der Waals surface area contributed by atoms with Gasteiger partial charge >= 0.3 is 0 Å². The number of likely N-dealkylation sites (N-methyl/N-ethyl adjacent to an activating group) is 1. The van der Waals surface area contributed by atoms with Crippen molar-refractivity contribution in [3.63, 3.8) is 0 Å². The lowest BCUT2D eigenvalue weighted by Crippen LogP contribution is -2.44. The number of nitrogens with zero attached hydrogens (tertiary/aromatic N) is 2. The van der Waals surface area contributed by atoms with Crippen LogP contribution < -0.4 is 15.0 Å². The highest BCUT2D eigenvalue weighted by Crippen LogP contribution is 2.24. The summed E-state index contributed by atoms with van der Waals surface area (Å²) in [7, 11) is 2.15. The van der Waals surface area contributed by atoms with Crippen LogP contribution in [0.15, 0.2) is 48.5 Å². The van der Waals surface area contributed by atoms with Crippen LogP contribution in [0.25, 0.3) is 0 Å². The number of hydrogen-bond donors (Lipinski definition) is 1. The number of carbonyl (C=O) groups is 1. The average Bonchev–Trinajstić information content (AvgIpc) is 2.69. The van der Waals surface area contributed by atoms with E-state index in [1.165, 1.54) is 5.69 Å². The van der Waals surface area contributed by atoms with Crippen molar-refractivity contribution in [2.24, 2.45) is 0 Å². The second-order valence-corrected chi connectivity index (χ2v) is 7.27. The number of nitrogens with one attached hydrogen (secondary N) is 1. The van der Waals surface area contributed by atoms with Gasteiger partial charge in [-0.3, -0.25) is 4.79 Å². The Morgan fingerprint density at radius 1 is 1.11 bits per heavy atom. The van der Waals surface area contributed by atoms with Crippen LogP contribution in [0.1, 0.15) is 12.5 Å². The summed E-state index contributed by atoms with van der Waals surface area (Å²) in [5, 5.41) is 3.41. The van der Waals surface area contributed by atoms with E-state index in [1.807, 2.05) is 12.1 Å². The van der Waals surface area contributed by atoms with E-state index in [2.05, 4.69) is 46.4 Å². The van der Waals surface area contributed by atoms with Crippen LogP contribution >= 0.6 is 11.6 Å². The molecule has 0 aromatic heterocycles. The SMILES string of the molecule is CC(Oc1ccccc1Cl)C(=O)NCc1ccc(N2CCN(C)CC2)cc1. The van der Waals surface area contributed by atoms with Crippen molar-refractivity contribution < 1.29 is 9.53 Å². The zero-order valence-electron chi connectivity index (χ0n) is 15.8. The molecule has 0 spiro atoms. The van der Waals surface area contributed by atoms with Crippen LogP contribution in [0.2, 0.25) is 5.02 Å². The fourth-order valence-corrected chi connectivity index (χ4v) is 3.19. The van der Waals surface area contributed by atoms with Crippen LogP contribution in [0.4, 0.5) is 5.69 Å². The minimum Gasteiger partial charge on any atom is -0.479 e. The summed E-state index contributed by atoms with van der Waals surface area (Å²) in [6.45, 7) is 6.45. The molecule has 0 saturated carbocycles. The third-order valence-corrected chi connectivity index (χ3v) is 5.09. The first-order valence-corrected chi connectivity index (χ1v) is 9.62. The summed E-state index contributed by atoms with van der Waals surface area (Å²) < 4.78 is 5.65. The summed E-state index contributed by atoms with van der Waals surface area (Å²) in [4.78, 5) is 17.0. The van der Waals surface area contributed by atoms with E-state index in [0.717, 1.165) is 31.7 Å². The van der Waals surface area contributed by atoms with Gasteiger partial charge in [-0.2, -0.15) is 0 Å². The molecule has 6 heteroatoms. The van der Waals surface area contributed by atoms with Crippen LogP contribution in [-0.4, -0.2) is 50.1 Å². The number of benzene rings is 2. The van der Waals surface area contributed by atoms with Gasteiger partial charge < -0.3 is 19.9 Å². The summed E-state index contributed by atoms with van der Waals surface area (Å²) in [5.74, 6) is 0.344. The Balaban J connectivity index is 1.49. The minimum absolute atomic E-state index is 0.168. The van der Waals surface area contributed by atoms with E-state index >= 15 is 0 Å². The maximum atomic E-state index is 12.3. The molecule has 1 amide bonds. The smallest absolute Gasteiger partial charge is 0.261 e. The highest BCUT2D eigenvalue weighted by molar-refractivity contribution is 6.32. The van der Waals surface area contributed by atoms with Crippen molar-refractivity contribution in [3.8, 4) is 5.75 Å². The van der Waals surface area contributed by atoms with Crippen LogP contribution in [0.3, 0.4) is 0 Å². The molecule has 2 aromatic rings.